The van der Waals surface area contributed by atoms with Crippen molar-refractivity contribution in [2.45, 2.75) is 25.4 Å². The maximum absolute atomic E-state index is 11.9. The lowest BCUT2D eigenvalue weighted by Crippen LogP contribution is -2.29. The van der Waals surface area contributed by atoms with Crippen molar-refractivity contribution in [1.29, 1.82) is 0 Å². The average molecular weight is 313 g/mol. The molecule has 21 heavy (non-hydrogen) atoms. The van der Waals surface area contributed by atoms with Gasteiger partial charge in [0.15, 0.2) is 0 Å². The van der Waals surface area contributed by atoms with Gasteiger partial charge in [-0.3, -0.25) is 4.79 Å². The van der Waals surface area contributed by atoms with Crippen molar-refractivity contribution in [3.8, 4) is 5.75 Å². The van der Waals surface area contributed by atoms with E-state index in [1.54, 1.807) is 25.3 Å². The zero-order valence-electron chi connectivity index (χ0n) is 12.2. The van der Waals surface area contributed by atoms with E-state index in [0.29, 0.717) is 35.5 Å². The standard InChI is InChI=1S/C15H21ClN2O3/c1-20-14-5-4-11(16)9-13(14)18-15(19)6-7-17-10-12-3-2-8-21-12/h4-5,9,12,17H,2-3,6-8,10H2,1H3,(H,18,19)/t12-/m1/s1. The third kappa shape index (κ3) is 5.19. The van der Waals surface area contributed by atoms with Gasteiger partial charge in [0.1, 0.15) is 5.75 Å². The van der Waals surface area contributed by atoms with Gasteiger partial charge in [0.05, 0.1) is 18.9 Å². The summed E-state index contributed by atoms with van der Waals surface area (Å²) in [6, 6.07) is 5.13. The van der Waals surface area contributed by atoms with E-state index in [1.165, 1.54) is 0 Å². The van der Waals surface area contributed by atoms with Gasteiger partial charge in [-0.2, -0.15) is 0 Å². The molecule has 1 amide bonds. The molecule has 0 radical (unpaired) electrons. The highest BCUT2D eigenvalue weighted by atomic mass is 35.5. The van der Waals surface area contributed by atoms with Gasteiger partial charge in [-0.05, 0) is 31.0 Å². The lowest BCUT2D eigenvalue weighted by Gasteiger charge is -2.12. The molecule has 0 spiro atoms. The minimum atomic E-state index is -0.0737. The van der Waals surface area contributed by atoms with Crippen molar-refractivity contribution in [2.75, 3.05) is 32.1 Å². The molecule has 0 unspecified atom stereocenters. The van der Waals surface area contributed by atoms with Gasteiger partial charge in [-0.25, -0.2) is 0 Å². The fourth-order valence-corrected chi connectivity index (χ4v) is 2.43. The first kappa shape index (κ1) is 16.1. The summed E-state index contributed by atoms with van der Waals surface area (Å²) < 4.78 is 10.7. The molecule has 5 nitrogen and oxygen atoms in total. The molecular weight excluding hydrogens is 292 g/mol. The molecule has 1 aromatic rings. The zero-order chi connectivity index (χ0) is 15.1. The number of hydrogen-bond donors (Lipinski definition) is 2. The van der Waals surface area contributed by atoms with Gasteiger partial charge >= 0.3 is 0 Å². The SMILES string of the molecule is COc1ccc(Cl)cc1NC(=O)CCNC[C@H]1CCCO1. The van der Waals surface area contributed by atoms with E-state index < -0.39 is 0 Å². The van der Waals surface area contributed by atoms with Crippen LogP contribution in [0.1, 0.15) is 19.3 Å². The lowest BCUT2D eigenvalue weighted by molar-refractivity contribution is -0.116. The summed E-state index contributed by atoms with van der Waals surface area (Å²) in [6.45, 7) is 2.27. The second kappa shape index (κ2) is 8.22. The van der Waals surface area contributed by atoms with Crippen LogP contribution < -0.4 is 15.4 Å². The Morgan fingerprint density at radius 1 is 1.52 bits per heavy atom. The van der Waals surface area contributed by atoms with E-state index in [4.69, 9.17) is 21.1 Å². The molecule has 1 aliphatic rings. The van der Waals surface area contributed by atoms with E-state index >= 15 is 0 Å². The summed E-state index contributed by atoms with van der Waals surface area (Å²) in [5, 5.41) is 6.61. The second-order valence-electron chi connectivity index (χ2n) is 4.98. The molecule has 1 atom stereocenters. The Labute approximate surface area is 130 Å². The smallest absolute Gasteiger partial charge is 0.225 e. The number of ether oxygens (including phenoxy) is 2. The Hall–Kier alpha value is -1.30. The van der Waals surface area contributed by atoms with Crippen LogP contribution in [0.4, 0.5) is 5.69 Å². The Bertz CT molecular complexity index is 476. The normalized spacial score (nSPS) is 17.7. The fraction of sp³-hybridized carbons (Fsp3) is 0.533. The monoisotopic (exact) mass is 312 g/mol. The first-order chi connectivity index (χ1) is 10.2. The van der Waals surface area contributed by atoms with E-state index in [-0.39, 0.29) is 5.91 Å². The number of benzene rings is 1. The van der Waals surface area contributed by atoms with Crippen molar-refractivity contribution in [3.05, 3.63) is 23.2 Å². The number of methoxy groups -OCH3 is 1. The van der Waals surface area contributed by atoms with E-state index in [1.807, 2.05) is 0 Å². The van der Waals surface area contributed by atoms with Crippen LogP contribution in [0, 0.1) is 0 Å². The number of rotatable bonds is 7. The van der Waals surface area contributed by atoms with Gasteiger partial charge in [0.2, 0.25) is 5.91 Å². The van der Waals surface area contributed by atoms with Crippen LogP contribution in [0.15, 0.2) is 18.2 Å². The number of anilines is 1. The zero-order valence-corrected chi connectivity index (χ0v) is 12.9. The van der Waals surface area contributed by atoms with Crippen LogP contribution in [0.25, 0.3) is 0 Å². The molecule has 2 N–H and O–H groups in total. The van der Waals surface area contributed by atoms with Crippen LogP contribution in [0.3, 0.4) is 0 Å². The Balaban J connectivity index is 1.72. The summed E-state index contributed by atoms with van der Waals surface area (Å²) in [4.78, 5) is 11.9. The molecule has 116 valence electrons. The van der Waals surface area contributed by atoms with Crippen molar-refractivity contribution in [2.24, 2.45) is 0 Å². The van der Waals surface area contributed by atoms with Crippen LogP contribution in [-0.4, -0.2) is 38.8 Å². The first-order valence-corrected chi connectivity index (χ1v) is 7.52. The molecule has 0 aliphatic carbocycles. The molecule has 0 aromatic heterocycles. The average Bonchev–Trinajstić information content (AvgIpc) is 2.97. The molecule has 1 saturated heterocycles. The van der Waals surface area contributed by atoms with Crippen LogP contribution in [0.2, 0.25) is 5.02 Å². The molecule has 1 aromatic carbocycles. The quantitative estimate of drug-likeness (QED) is 0.759. The summed E-state index contributed by atoms with van der Waals surface area (Å²) in [5.74, 6) is 0.524. The van der Waals surface area contributed by atoms with E-state index in [2.05, 4.69) is 10.6 Å². The van der Waals surface area contributed by atoms with Crippen molar-refractivity contribution in [3.63, 3.8) is 0 Å². The minimum Gasteiger partial charge on any atom is -0.495 e. The lowest BCUT2D eigenvalue weighted by atomic mass is 10.2. The minimum absolute atomic E-state index is 0.0737. The predicted octanol–water partition coefficient (Wildman–Crippen LogP) is 2.45. The number of amides is 1. The summed E-state index contributed by atoms with van der Waals surface area (Å²) in [5.41, 5.74) is 0.592. The van der Waals surface area contributed by atoms with Gasteiger partial charge < -0.3 is 20.1 Å². The van der Waals surface area contributed by atoms with Crippen molar-refractivity contribution < 1.29 is 14.3 Å². The van der Waals surface area contributed by atoms with Gasteiger partial charge in [0.25, 0.3) is 0 Å². The maximum atomic E-state index is 11.9. The number of carbonyl (C=O) groups excluding carboxylic acids is 1. The van der Waals surface area contributed by atoms with Gasteiger partial charge in [-0.1, -0.05) is 11.6 Å². The maximum Gasteiger partial charge on any atom is 0.225 e. The van der Waals surface area contributed by atoms with Crippen LogP contribution in [-0.2, 0) is 9.53 Å². The molecule has 6 heteroatoms. The highest BCUT2D eigenvalue weighted by molar-refractivity contribution is 6.31. The van der Waals surface area contributed by atoms with Crippen molar-refractivity contribution >= 4 is 23.2 Å². The molecule has 0 saturated carbocycles. The molecular formula is C15H21ClN2O3. The number of carbonyl (C=O) groups is 1. The second-order valence-corrected chi connectivity index (χ2v) is 5.42. The highest BCUT2D eigenvalue weighted by Gasteiger charge is 2.14. The Morgan fingerprint density at radius 2 is 2.38 bits per heavy atom. The number of halogens is 1. The Morgan fingerprint density at radius 3 is 3.10 bits per heavy atom. The summed E-state index contributed by atoms with van der Waals surface area (Å²) >= 11 is 5.92. The highest BCUT2D eigenvalue weighted by Crippen LogP contribution is 2.27. The topological polar surface area (TPSA) is 59.6 Å². The third-order valence-electron chi connectivity index (χ3n) is 3.36. The van der Waals surface area contributed by atoms with Crippen LogP contribution >= 0.6 is 11.6 Å². The number of nitrogens with one attached hydrogen (secondary N) is 2. The molecule has 1 fully saturated rings. The first-order valence-electron chi connectivity index (χ1n) is 7.15. The molecule has 1 aliphatic heterocycles. The van der Waals surface area contributed by atoms with E-state index in [0.717, 1.165) is 26.0 Å². The largest absolute Gasteiger partial charge is 0.495 e. The molecule has 0 bridgehead atoms. The van der Waals surface area contributed by atoms with Gasteiger partial charge in [-0.15, -0.1) is 0 Å². The molecule has 2 rings (SSSR count). The van der Waals surface area contributed by atoms with Crippen molar-refractivity contribution in [1.82, 2.24) is 5.32 Å². The summed E-state index contributed by atoms with van der Waals surface area (Å²) in [7, 11) is 1.56. The molecule has 1 heterocycles. The van der Waals surface area contributed by atoms with Crippen LogP contribution in [0.5, 0.6) is 5.75 Å². The predicted molar refractivity (Wildman–Crippen MR) is 83.1 cm³/mol. The fourth-order valence-electron chi connectivity index (χ4n) is 2.26. The third-order valence-corrected chi connectivity index (χ3v) is 3.60. The number of hydrogen-bond acceptors (Lipinski definition) is 4. The van der Waals surface area contributed by atoms with Gasteiger partial charge in [0, 0.05) is 31.1 Å². The Kier molecular flexibility index (Phi) is 6.29. The summed E-state index contributed by atoms with van der Waals surface area (Å²) in [6.07, 6.45) is 2.91. The van der Waals surface area contributed by atoms with E-state index in [9.17, 15) is 4.79 Å².